The van der Waals surface area contributed by atoms with Gasteiger partial charge in [0.2, 0.25) is 0 Å². The monoisotopic (exact) mass is 334 g/mol. The summed E-state index contributed by atoms with van der Waals surface area (Å²) in [6.45, 7) is 2.04. The van der Waals surface area contributed by atoms with Crippen molar-refractivity contribution in [3.8, 4) is 0 Å². The van der Waals surface area contributed by atoms with Gasteiger partial charge in [-0.25, -0.2) is 4.39 Å². The molecule has 0 bridgehead atoms. The standard InChI is InChI=1S/C12H12BrFOS2/c1-7-12(17-6-5-16-7)11(15)8-3-2-4-9(13)10(8)14/h2-4,7,12H,5-6H2,1H3. The fourth-order valence-electron chi connectivity index (χ4n) is 1.77. The predicted octanol–water partition coefficient (Wildman–Crippen LogP) is 4.01. The number of carbonyl (C=O) groups excluding carboxylic acids is 1. The van der Waals surface area contributed by atoms with Gasteiger partial charge in [-0.05, 0) is 28.1 Å². The van der Waals surface area contributed by atoms with Crippen LogP contribution in [0.15, 0.2) is 22.7 Å². The zero-order chi connectivity index (χ0) is 12.4. The van der Waals surface area contributed by atoms with Gasteiger partial charge in [-0.1, -0.05) is 13.0 Å². The first-order valence-corrected chi connectivity index (χ1v) is 8.21. The van der Waals surface area contributed by atoms with E-state index in [1.165, 1.54) is 0 Å². The average Bonchev–Trinajstić information content (AvgIpc) is 2.32. The second kappa shape index (κ2) is 5.76. The highest BCUT2D eigenvalue weighted by Gasteiger charge is 2.31. The Morgan fingerprint density at radius 2 is 2.12 bits per heavy atom. The lowest BCUT2D eigenvalue weighted by Crippen LogP contribution is -2.31. The number of hydrogen-bond donors (Lipinski definition) is 0. The second-order valence-electron chi connectivity index (χ2n) is 3.83. The molecule has 0 amide bonds. The molecule has 5 heteroatoms. The Hall–Kier alpha value is -0.000000000000000111. The van der Waals surface area contributed by atoms with Crippen LogP contribution in [0.3, 0.4) is 0 Å². The molecule has 1 heterocycles. The van der Waals surface area contributed by atoms with Gasteiger partial charge in [0, 0.05) is 16.8 Å². The molecule has 0 aromatic heterocycles. The normalized spacial score (nSPS) is 24.6. The first-order valence-electron chi connectivity index (χ1n) is 5.32. The molecule has 1 aliphatic heterocycles. The summed E-state index contributed by atoms with van der Waals surface area (Å²) in [5.74, 6) is 1.49. The highest BCUT2D eigenvalue weighted by atomic mass is 79.9. The first kappa shape index (κ1) is 13.4. The molecule has 0 radical (unpaired) electrons. The number of ketones is 1. The Morgan fingerprint density at radius 3 is 2.82 bits per heavy atom. The van der Waals surface area contributed by atoms with E-state index in [1.54, 1.807) is 41.7 Å². The molecule has 2 rings (SSSR count). The van der Waals surface area contributed by atoms with E-state index in [1.807, 2.05) is 6.92 Å². The van der Waals surface area contributed by atoms with E-state index in [4.69, 9.17) is 0 Å². The average molecular weight is 335 g/mol. The van der Waals surface area contributed by atoms with Crippen LogP contribution in [0, 0.1) is 5.82 Å². The van der Waals surface area contributed by atoms with Gasteiger partial charge in [0.05, 0.1) is 15.3 Å². The molecular formula is C12H12BrFOS2. The fraction of sp³-hybridized carbons (Fsp3) is 0.417. The summed E-state index contributed by atoms with van der Waals surface area (Å²) in [6, 6.07) is 4.87. The van der Waals surface area contributed by atoms with Gasteiger partial charge in [-0.3, -0.25) is 4.79 Å². The quantitative estimate of drug-likeness (QED) is 0.760. The van der Waals surface area contributed by atoms with Crippen LogP contribution in [-0.2, 0) is 0 Å². The zero-order valence-electron chi connectivity index (χ0n) is 9.28. The van der Waals surface area contributed by atoms with Gasteiger partial charge in [0.25, 0.3) is 0 Å². The summed E-state index contributed by atoms with van der Waals surface area (Å²) in [5, 5.41) is 0.122. The van der Waals surface area contributed by atoms with Crippen molar-refractivity contribution in [2.45, 2.75) is 17.4 Å². The zero-order valence-corrected chi connectivity index (χ0v) is 12.5. The lowest BCUT2D eigenvalue weighted by atomic mass is 10.1. The van der Waals surface area contributed by atoms with Crippen molar-refractivity contribution in [3.05, 3.63) is 34.1 Å². The number of benzene rings is 1. The maximum absolute atomic E-state index is 13.9. The van der Waals surface area contributed by atoms with E-state index in [0.717, 1.165) is 11.5 Å². The third-order valence-corrected chi connectivity index (χ3v) is 6.37. The van der Waals surface area contributed by atoms with Crippen molar-refractivity contribution in [1.82, 2.24) is 0 Å². The molecule has 0 saturated carbocycles. The largest absolute Gasteiger partial charge is 0.293 e. The van der Waals surface area contributed by atoms with Crippen molar-refractivity contribution in [2.24, 2.45) is 0 Å². The lowest BCUT2D eigenvalue weighted by Gasteiger charge is -2.26. The highest BCUT2D eigenvalue weighted by Crippen LogP contribution is 2.34. The van der Waals surface area contributed by atoms with Crippen LogP contribution < -0.4 is 0 Å². The van der Waals surface area contributed by atoms with Crippen molar-refractivity contribution < 1.29 is 9.18 Å². The van der Waals surface area contributed by atoms with E-state index >= 15 is 0 Å². The van der Waals surface area contributed by atoms with Crippen molar-refractivity contribution in [1.29, 1.82) is 0 Å². The van der Waals surface area contributed by atoms with Crippen molar-refractivity contribution >= 4 is 45.2 Å². The minimum absolute atomic E-state index is 0.0894. The molecule has 17 heavy (non-hydrogen) atoms. The number of halogens is 2. The summed E-state index contributed by atoms with van der Waals surface area (Å²) in [6.07, 6.45) is 0. The number of carbonyl (C=O) groups is 1. The predicted molar refractivity (Wildman–Crippen MR) is 76.6 cm³/mol. The van der Waals surface area contributed by atoms with Crippen LogP contribution in [0.4, 0.5) is 4.39 Å². The fourth-order valence-corrected chi connectivity index (χ4v) is 4.85. The molecule has 92 valence electrons. The van der Waals surface area contributed by atoms with Crippen LogP contribution in [0.25, 0.3) is 0 Å². The van der Waals surface area contributed by atoms with Crippen LogP contribution >= 0.6 is 39.5 Å². The minimum Gasteiger partial charge on any atom is -0.293 e. The van der Waals surface area contributed by atoms with E-state index < -0.39 is 5.82 Å². The SMILES string of the molecule is CC1SCCSC1C(=O)c1cccc(Br)c1F. The molecule has 1 fully saturated rings. The Morgan fingerprint density at radius 1 is 1.41 bits per heavy atom. The number of thioether (sulfide) groups is 2. The Kier molecular flexibility index (Phi) is 4.55. The van der Waals surface area contributed by atoms with Crippen LogP contribution in [0.5, 0.6) is 0 Å². The van der Waals surface area contributed by atoms with Crippen molar-refractivity contribution in [2.75, 3.05) is 11.5 Å². The molecule has 1 aliphatic rings. The van der Waals surface area contributed by atoms with Gasteiger partial charge in [0.1, 0.15) is 5.82 Å². The number of rotatable bonds is 2. The van der Waals surface area contributed by atoms with Gasteiger partial charge in [-0.2, -0.15) is 11.8 Å². The highest BCUT2D eigenvalue weighted by molar-refractivity contribution is 9.10. The van der Waals surface area contributed by atoms with Gasteiger partial charge in [-0.15, -0.1) is 11.8 Å². The topological polar surface area (TPSA) is 17.1 Å². The third-order valence-electron chi connectivity index (χ3n) is 2.66. The molecule has 0 spiro atoms. The summed E-state index contributed by atoms with van der Waals surface area (Å²) in [7, 11) is 0. The lowest BCUT2D eigenvalue weighted by molar-refractivity contribution is 0.0985. The van der Waals surface area contributed by atoms with E-state index in [2.05, 4.69) is 15.9 Å². The van der Waals surface area contributed by atoms with Crippen LogP contribution in [-0.4, -0.2) is 27.8 Å². The molecule has 1 nitrogen and oxygen atoms in total. The maximum atomic E-state index is 13.9. The molecule has 1 aromatic carbocycles. The smallest absolute Gasteiger partial charge is 0.179 e. The molecule has 1 aromatic rings. The third kappa shape index (κ3) is 2.88. The number of Topliss-reactive ketones (excluding diaryl/α,β-unsaturated/α-hetero) is 1. The minimum atomic E-state index is -0.444. The Bertz CT molecular complexity index is 439. The summed E-state index contributed by atoms with van der Waals surface area (Å²) in [5.41, 5.74) is 0.200. The van der Waals surface area contributed by atoms with Gasteiger partial charge in [0.15, 0.2) is 5.78 Å². The first-order chi connectivity index (χ1) is 8.11. The van der Waals surface area contributed by atoms with Crippen LogP contribution in [0.1, 0.15) is 17.3 Å². The van der Waals surface area contributed by atoms with E-state index in [0.29, 0.717) is 4.47 Å². The molecular weight excluding hydrogens is 323 g/mol. The Labute approximate surface area is 117 Å². The second-order valence-corrected chi connectivity index (χ2v) is 7.42. The molecule has 2 unspecified atom stereocenters. The summed E-state index contributed by atoms with van der Waals surface area (Å²) in [4.78, 5) is 12.3. The van der Waals surface area contributed by atoms with E-state index in [-0.39, 0.29) is 21.8 Å². The summed E-state index contributed by atoms with van der Waals surface area (Å²) < 4.78 is 14.2. The summed E-state index contributed by atoms with van der Waals surface area (Å²) >= 11 is 6.53. The molecule has 2 atom stereocenters. The van der Waals surface area contributed by atoms with E-state index in [9.17, 15) is 9.18 Å². The molecule has 1 saturated heterocycles. The van der Waals surface area contributed by atoms with Gasteiger partial charge < -0.3 is 0 Å². The number of hydrogen-bond acceptors (Lipinski definition) is 3. The maximum Gasteiger partial charge on any atom is 0.179 e. The Balaban J connectivity index is 2.27. The van der Waals surface area contributed by atoms with Crippen molar-refractivity contribution in [3.63, 3.8) is 0 Å². The molecule has 0 aliphatic carbocycles. The van der Waals surface area contributed by atoms with Gasteiger partial charge >= 0.3 is 0 Å². The van der Waals surface area contributed by atoms with Crippen LogP contribution in [0.2, 0.25) is 0 Å². The molecule has 0 N–H and O–H groups in total.